The molecule has 3 nitrogen and oxygen atoms in total. The number of pyridine rings is 1. The first-order chi connectivity index (χ1) is 21.8. The Hall–Kier alpha value is -5.93. The minimum absolute atomic E-state index is 0.654. The molecular formula is C41H28N2O. The van der Waals surface area contributed by atoms with Crippen LogP contribution >= 0.6 is 0 Å². The summed E-state index contributed by atoms with van der Waals surface area (Å²) in [6.45, 7) is 0. The monoisotopic (exact) mass is 564 g/mol. The molecule has 8 aromatic rings. The molecule has 0 saturated heterocycles. The largest absolute Gasteiger partial charge is 0.438 e. The van der Waals surface area contributed by atoms with Gasteiger partial charge in [-0.25, -0.2) is 4.98 Å². The molecule has 0 unspecified atom stereocenters. The molecule has 0 aliphatic carbocycles. The maximum absolute atomic E-state index is 6.17. The van der Waals surface area contributed by atoms with Gasteiger partial charge in [0.2, 0.25) is 5.71 Å². The molecular weight excluding hydrogens is 536 g/mol. The summed E-state index contributed by atoms with van der Waals surface area (Å²) in [6.07, 6.45) is 1.77. The summed E-state index contributed by atoms with van der Waals surface area (Å²) in [4.78, 5) is 6.70. The van der Waals surface area contributed by atoms with Gasteiger partial charge in [-0.1, -0.05) is 109 Å². The summed E-state index contributed by atoms with van der Waals surface area (Å²) in [7, 11) is 0. The second-order valence-electron chi connectivity index (χ2n) is 10.9. The van der Waals surface area contributed by atoms with Crippen LogP contribution in [0.4, 0.5) is 17.1 Å². The Balaban J connectivity index is 1.18. The normalized spacial score (nSPS) is 11.2. The number of aromatic nitrogens is 1. The first-order valence-corrected chi connectivity index (χ1v) is 14.8. The SMILES string of the molecule is c1ccc(-c2ccc(-c3ccc(N(c4ccc(-c5ccccc5)cc4)c4ccc5c(c4)oc4ncccc45)cc3)cc2)cc1. The van der Waals surface area contributed by atoms with Crippen molar-refractivity contribution in [2.24, 2.45) is 0 Å². The Kier molecular flexibility index (Phi) is 6.47. The highest BCUT2D eigenvalue weighted by molar-refractivity contribution is 6.04. The van der Waals surface area contributed by atoms with Gasteiger partial charge in [-0.3, -0.25) is 0 Å². The molecule has 3 heteroatoms. The number of furan rings is 1. The zero-order valence-corrected chi connectivity index (χ0v) is 24.0. The summed E-state index contributed by atoms with van der Waals surface area (Å²) >= 11 is 0. The molecule has 0 aliphatic heterocycles. The fourth-order valence-corrected chi connectivity index (χ4v) is 5.91. The number of benzene rings is 6. The van der Waals surface area contributed by atoms with Gasteiger partial charge in [0.1, 0.15) is 5.58 Å². The lowest BCUT2D eigenvalue weighted by Crippen LogP contribution is -2.09. The van der Waals surface area contributed by atoms with Gasteiger partial charge in [-0.15, -0.1) is 0 Å². The standard InChI is InChI=1S/C41H28N2O/c1-3-8-29(9-4-1)31-13-15-32(16-14-31)34-19-23-36(24-20-34)43(35-21-17-33(18-22-35)30-10-5-2-6-11-30)37-25-26-38-39-12-7-27-42-41(39)44-40(38)28-37/h1-28H. The summed E-state index contributed by atoms with van der Waals surface area (Å²) < 4.78 is 6.17. The molecule has 2 aromatic heterocycles. The van der Waals surface area contributed by atoms with E-state index in [0.717, 1.165) is 33.4 Å². The predicted octanol–water partition coefficient (Wildman–Crippen LogP) is 11.5. The highest BCUT2D eigenvalue weighted by Crippen LogP contribution is 2.39. The molecule has 0 spiro atoms. The molecule has 0 fully saturated rings. The minimum Gasteiger partial charge on any atom is -0.438 e. The van der Waals surface area contributed by atoms with Crippen LogP contribution in [0, 0.1) is 0 Å². The Morgan fingerprint density at radius 2 is 0.841 bits per heavy atom. The molecule has 0 saturated carbocycles. The lowest BCUT2D eigenvalue weighted by molar-refractivity contribution is 0.654. The maximum Gasteiger partial charge on any atom is 0.227 e. The number of nitrogens with zero attached hydrogens (tertiary/aromatic N) is 2. The van der Waals surface area contributed by atoms with E-state index < -0.39 is 0 Å². The van der Waals surface area contributed by atoms with Gasteiger partial charge in [0.15, 0.2) is 0 Å². The molecule has 0 radical (unpaired) electrons. The highest BCUT2D eigenvalue weighted by atomic mass is 16.3. The molecule has 8 rings (SSSR count). The molecule has 208 valence electrons. The smallest absolute Gasteiger partial charge is 0.227 e. The number of rotatable bonds is 6. The van der Waals surface area contributed by atoms with Crippen LogP contribution in [0.15, 0.2) is 174 Å². The lowest BCUT2D eigenvalue weighted by Gasteiger charge is -2.26. The summed E-state index contributed by atoms with van der Waals surface area (Å²) in [6, 6.07) is 57.6. The van der Waals surface area contributed by atoms with Crippen molar-refractivity contribution < 1.29 is 4.42 Å². The van der Waals surface area contributed by atoms with Crippen LogP contribution in [-0.4, -0.2) is 4.98 Å². The van der Waals surface area contributed by atoms with Crippen LogP contribution in [-0.2, 0) is 0 Å². The average molecular weight is 565 g/mol. The van der Waals surface area contributed by atoms with Gasteiger partial charge in [0.25, 0.3) is 0 Å². The van der Waals surface area contributed by atoms with E-state index in [-0.39, 0.29) is 0 Å². The van der Waals surface area contributed by atoms with E-state index in [4.69, 9.17) is 4.42 Å². The molecule has 2 heterocycles. The number of anilines is 3. The van der Waals surface area contributed by atoms with Crippen molar-refractivity contribution in [2.75, 3.05) is 4.90 Å². The van der Waals surface area contributed by atoms with Crippen LogP contribution < -0.4 is 4.90 Å². The van der Waals surface area contributed by atoms with Crippen molar-refractivity contribution in [3.8, 4) is 33.4 Å². The molecule has 0 amide bonds. The molecule has 0 bridgehead atoms. The Labute approximate surface area is 256 Å². The Morgan fingerprint density at radius 3 is 1.36 bits per heavy atom. The molecule has 6 aromatic carbocycles. The van der Waals surface area contributed by atoms with Crippen molar-refractivity contribution in [3.05, 3.63) is 170 Å². The van der Waals surface area contributed by atoms with Gasteiger partial charge in [-0.05, 0) is 81.9 Å². The third-order valence-electron chi connectivity index (χ3n) is 8.17. The predicted molar refractivity (Wildman–Crippen MR) is 183 cm³/mol. The fourth-order valence-electron chi connectivity index (χ4n) is 5.91. The summed E-state index contributed by atoms with van der Waals surface area (Å²) in [5, 5.41) is 2.08. The van der Waals surface area contributed by atoms with Gasteiger partial charge in [0, 0.05) is 40.1 Å². The van der Waals surface area contributed by atoms with Crippen LogP contribution in [0.1, 0.15) is 0 Å². The zero-order chi connectivity index (χ0) is 29.3. The van der Waals surface area contributed by atoms with E-state index in [1.54, 1.807) is 6.20 Å². The van der Waals surface area contributed by atoms with Crippen LogP contribution in [0.25, 0.3) is 55.4 Å². The molecule has 0 N–H and O–H groups in total. The van der Waals surface area contributed by atoms with E-state index in [2.05, 4.69) is 155 Å². The zero-order valence-electron chi connectivity index (χ0n) is 24.0. The van der Waals surface area contributed by atoms with Crippen LogP contribution in [0.2, 0.25) is 0 Å². The van der Waals surface area contributed by atoms with Gasteiger partial charge in [-0.2, -0.15) is 0 Å². The van der Waals surface area contributed by atoms with Gasteiger partial charge in [0.05, 0.1) is 0 Å². The van der Waals surface area contributed by atoms with Crippen molar-refractivity contribution in [1.29, 1.82) is 0 Å². The quantitative estimate of drug-likeness (QED) is 0.201. The summed E-state index contributed by atoms with van der Waals surface area (Å²) in [5.41, 5.74) is 11.8. The minimum atomic E-state index is 0.654. The second-order valence-corrected chi connectivity index (χ2v) is 10.9. The average Bonchev–Trinajstić information content (AvgIpc) is 3.48. The lowest BCUT2D eigenvalue weighted by atomic mass is 10.00. The Bertz CT molecular complexity index is 2180. The van der Waals surface area contributed by atoms with Crippen LogP contribution in [0.3, 0.4) is 0 Å². The van der Waals surface area contributed by atoms with E-state index in [1.807, 2.05) is 18.2 Å². The van der Waals surface area contributed by atoms with E-state index in [1.165, 1.54) is 33.4 Å². The Morgan fingerprint density at radius 1 is 0.386 bits per heavy atom. The van der Waals surface area contributed by atoms with Crippen LogP contribution in [0.5, 0.6) is 0 Å². The van der Waals surface area contributed by atoms with Gasteiger partial charge >= 0.3 is 0 Å². The van der Waals surface area contributed by atoms with Crippen molar-refractivity contribution in [1.82, 2.24) is 4.98 Å². The third kappa shape index (κ3) is 4.81. The number of hydrogen-bond acceptors (Lipinski definition) is 3. The van der Waals surface area contributed by atoms with E-state index >= 15 is 0 Å². The van der Waals surface area contributed by atoms with Crippen molar-refractivity contribution in [2.45, 2.75) is 0 Å². The first kappa shape index (κ1) is 25.8. The van der Waals surface area contributed by atoms with E-state index in [9.17, 15) is 0 Å². The molecule has 0 atom stereocenters. The number of hydrogen-bond donors (Lipinski definition) is 0. The van der Waals surface area contributed by atoms with E-state index in [0.29, 0.717) is 5.71 Å². The van der Waals surface area contributed by atoms with Crippen molar-refractivity contribution >= 4 is 39.1 Å². The first-order valence-electron chi connectivity index (χ1n) is 14.8. The molecule has 44 heavy (non-hydrogen) atoms. The third-order valence-corrected chi connectivity index (χ3v) is 8.17. The highest BCUT2D eigenvalue weighted by Gasteiger charge is 2.16. The fraction of sp³-hybridized carbons (Fsp3) is 0. The van der Waals surface area contributed by atoms with Crippen molar-refractivity contribution in [3.63, 3.8) is 0 Å². The summed E-state index contributed by atoms with van der Waals surface area (Å²) in [5.74, 6) is 0. The van der Waals surface area contributed by atoms with Gasteiger partial charge < -0.3 is 9.32 Å². The number of fused-ring (bicyclic) bond motifs is 3. The molecule has 0 aliphatic rings. The second kappa shape index (κ2) is 11.0. The topological polar surface area (TPSA) is 29.3 Å². The maximum atomic E-state index is 6.17.